The van der Waals surface area contributed by atoms with Crippen molar-refractivity contribution in [2.75, 3.05) is 13.1 Å². The summed E-state index contributed by atoms with van der Waals surface area (Å²) in [6.45, 7) is 3.54. The Balaban J connectivity index is 1.62. The molecular weight excluding hydrogens is 302 g/mol. The number of likely N-dealkylation sites (tertiary alicyclic amines) is 1. The Labute approximate surface area is 143 Å². The maximum absolute atomic E-state index is 10.9. The maximum Gasteiger partial charge on any atom is 0.115 e. The number of aromatic hydroxyl groups is 1. The van der Waals surface area contributed by atoms with Crippen molar-refractivity contribution >= 4 is 0 Å². The van der Waals surface area contributed by atoms with Gasteiger partial charge in [0, 0.05) is 19.1 Å². The summed E-state index contributed by atoms with van der Waals surface area (Å²) < 4.78 is 0. The quantitative estimate of drug-likeness (QED) is 0.795. The average Bonchev–Trinajstić information content (AvgIpc) is 2.62. The minimum atomic E-state index is -0.726. The second kappa shape index (κ2) is 7.09. The standard InChI is InChI=1S/C20H27NO3/c1-15(19(23)16-7-9-18(22)10-8-16)21-13-11-20(24,12-14-21)17-5-3-2-4-6-17/h3,5-10,15,19,22-24H,2,4,11-14H2,1H3/t15-,19-/m0/s1. The Morgan fingerprint density at radius 1 is 1.08 bits per heavy atom. The lowest BCUT2D eigenvalue weighted by atomic mass is 9.81. The number of aliphatic hydroxyl groups excluding tert-OH is 1. The topological polar surface area (TPSA) is 63.9 Å². The Kier molecular flexibility index (Phi) is 5.09. The predicted molar refractivity (Wildman–Crippen MR) is 94.7 cm³/mol. The van der Waals surface area contributed by atoms with Crippen LogP contribution in [-0.4, -0.2) is 45.0 Å². The largest absolute Gasteiger partial charge is 0.508 e. The first-order valence-corrected chi connectivity index (χ1v) is 8.80. The summed E-state index contributed by atoms with van der Waals surface area (Å²) >= 11 is 0. The number of phenolic OH excluding ortho intramolecular Hbond substituents is 1. The summed E-state index contributed by atoms with van der Waals surface area (Å²) in [5.74, 6) is 0.204. The summed E-state index contributed by atoms with van der Waals surface area (Å²) in [5.41, 5.74) is 1.13. The highest BCUT2D eigenvalue weighted by Gasteiger charge is 2.37. The van der Waals surface area contributed by atoms with E-state index in [-0.39, 0.29) is 11.8 Å². The van der Waals surface area contributed by atoms with Crippen LogP contribution in [0, 0.1) is 0 Å². The molecule has 1 aromatic carbocycles. The molecule has 1 fully saturated rings. The molecule has 0 radical (unpaired) electrons. The first-order chi connectivity index (χ1) is 11.5. The number of hydrogen-bond acceptors (Lipinski definition) is 4. The molecule has 130 valence electrons. The Morgan fingerprint density at radius 3 is 2.33 bits per heavy atom. The molecule has 0 spiro atoms. The molecule has 24 heavy (non-hydrogen) atoms. The van der Waals surface area contributed by atoms with Crippen LogP contribution in [0.1, 0.15) is 44.3 Å². The maximum atomic E-state index is 10.9. The van der Waals surface area contributed by atoms with E-state index in [4.69, 9.17) is 0 Å². The normalized spacial score (nSPS) is 23.5. The molecule has 0 saturated carbocycles. The van der Waals surface area contributed by atoms with Crippen molar-refractivity contribution < 1.29 is 15.3 Å². The highest BCUT2D eigenvalue weighted by atomic mass is 16.3. The summed E-state index contributed by atoms with van der Waals surface area (Å²) in [7, 11) is 0. The highest BCUT2D eigenvalue weighted by molar-refractivity contribution is 5.32. The number of hydrogen-bond donors (Lipinski definition) is 3. The summed E-state index contributed by atoms with van der Waals surface area (Å²) in [6.07, 6.45) is 9.20. The Bertz CT molecular complexity index is 612. The van der Waals surface area contributed by atoms with E-state index in [1.807, 2.05) is 6.92 Å². The third kappa shape index (κ3) is 3.56. The Morgan fingerprint density at radius 2 is 1.75 bits per heavy atom. The van der Waals surface area contributed by atoms with E-state index in [0.717, 1.165) is 37.1 Å². The lowest BCUT2D eigenvalue weighted by molar-refractivity contribution is -0.0232. The molecule has 3 rings (SSSR count). The van der Waals surface area contributed by atoms with Gasteiger partial charge in [-0.2, -0.15) is 0 Å². The van der Waals surface area contributed by atoms with Crippen LogP contribution in [0.2, 0.25) is 0 Å². The van der Waals surface area contributed by atoms with Crippen molar-refractivity contribution in [3.05, 3.63) is 53.6 Å². The third-order valence-electron chi connectivity index (χ3n) is 5.43. The highest BCUT2D eigenvalue weighted by Crippen LogP contribution is 2.34. The first kappa shape index (κ1) is 17.2. The molecular formula is C20H27NO3. The molecule has 0 aromatic heterocycles. The van der Waals surface area contributed by atoms with Gasteiger partial charge >= 0.3 is 0 Å². The van der Waals surface area contributed by atoms with Crippen molar-refractivity contribution in [3.63, 3.8) is 0 Å². The van der Waals surface area contributed by atoms with Crippen LogP contribution < -0.4 is 0 Å². The zero-order valence-corrected chi connectivity index (χ0v) is 14.2. The van der Waals surface area contributed by atoms with Gasteiger partial charge in [-0.25, -0.2) is 0 Å². The van der Waals surface area contributed by atoms with Gasteiger partial charge in [-0.3, -0.25) is 4.90 Å². The zero-order chi connectivity index (χ0) is 17.2. The summed E-state index contributed by atoms with van der Waals surface area (Å²) in [4.78, 5) is 2.24. The smallest absolute Gasteiger partial charge is 0.115 e. The van der Waals surface area contributed by atoms with E-state index in [1.165, 1.54) is 0 Å². The van der Waals surface area contributed by atoms with E-state index in [2.05, 4.69) is 23.1 Å². The first-order valence-electron chi connectivity index (χ1n) is 8.80. The van der Waals surface area contributed by atoms with Crippen LogP contribution in [0.25, 0.3) is 0 Å². The lowest BCUT2D eigenvalue weighted by Gasteiger charge is -2.43. The van der Waals surface area contributed by atoms with Gasteiger partial charge in [-0.1, -0.05) is 30.4 Å². The third-order valence-corrected chi connectivity index (χ3v) is 5.43. The van der Waals surface area contributed by atoms with E-state index >= 15 is 0 Å². The molecule has 1 saturated heterocycles. The molecule has 3 N–H and O–H groups in total. The molecule has 1 aliphatic carbocycles. The number of phenols is 1. The average molecular weight is 329 g/mol. The lowest BCUT2D eigenvalue weighted by Crippen LogP contribution is -2.49. The number of benzene rings is 1. The minimum Gasteiger partial charge on any atom is -0.508 e. The van der Waals surface area contributed by atoms with E-state index in [0.29, 0.717) is 12.8 Å². The van der Waals surface area contributed by atoms with Crippen LogP contribution in [0.4, 0.5) is 0 Å². The number of allylic oxidation sites excluding steroid dienone is 2. The second-order valence-corrected chi connectivity index (χ2v) is 6.98. The van der Waals surface area contributed by atoms with Crippen LogP contribution in [0.15, 0.2) is 48.1 Å². The number of piperidine rings is 1. The number of aliphatic hydroxyl groups is 2. The van der Waals surface area contributed by atoms with E-state index < -0.39 is 11.7 Å². The molecule has 2 aliphatic rings. The summed E-state index contributed by atoms with van der Waals surface area (Å²) in [5, 5.41) is 30.9. The van der Waals surface area contributed by atoms with Gasteiger partial charge in [0.05, 0.1) is 11.7 Å². The Hall–Kier alpha value is -1.62. The van der Waals surface area contributed by atoms with Crippen LogP contribution in [-0.2, 0) is 0 Å². The fraction of sp³-hybridized carbons (Fsp3) is 0.500. The van der Waals surface area contributed by atoms with Crippen LogP contribution in [0.3, 0.4) is 0 Å². The number of nitrogens with zero attached hydrogens (tertiary/aromatic N) is 1. The van der Waals surface area contributed by atoms with Gasteiger partial charge in [0.2, 0.25) is 0 Å². The van der Waals surface area contributed by atoms with Crippen molar-refractivity contribution in [3.8, 4) is 5.75 Å². The predicted octanol–water partition coefficient (Wildman–Crippen LogP) is 2.92. The van der Waals surface area contributed by atoms with Gasteiger partial charge in [0.1, 0.15) is 5.75 Å². The van der Waals surface area contributed by atoms with Crippen molar-refractivity contribution in [1.29, 1.82) is 0 Å². The number of rotatable bonds is 4. The molecule has 0 amide bonds. The van der Waals surface area contributed by atoms with Crippen LogP contribution in [0.5, 0.6) is 5.75 Å². The van der Waals surface area contributed by atoms with Crippen molar-refractivity contribution in [2.45, 2.75) is 50.4 Å². The van der Waals surface area contributed by atoms with Crippen molar-refractivity contribution in [1.82, 2.24) is 4.90 Å². The van der Waals surface area contributed by atoms with Gasteiger partial charge < -0.3 is 15.3 Å². The minimum absolute atomic E-state index is 0.0324. The SMILES string of the molecule is C[C@@H]([C@H](O)c1ccc(O)cc1)N1CCC(O)(C2=CCCC=C2)CC1. The van der Waals surface area contributed by atoms with E-state index in [9.17, 15) is 15.3 Å². The zero-order valence-electron chi connectivity index (χ0n) is 14.2. The fourth-order valence-electron chi connectivity index (χ4n) is 3.70. The summed E-state index contributed by atoms with van der Waals surface area (Å²) in [6, 6.07) is 6.68. The monoisotopic (exact) mass is 329 g/mol. The van der Waals surface area contributed by atoms with E-state index in [1.54, 1.807) is 24.3 Å². The van der Waals surface area contributed by atoms with Crippen LogP contribution >= 0.6 is 0 Å². The molecule has 4 heteroatoms. The second-order valence-electron chi connectivity index (χ2n) is 6.98. The van der Waals surface area contributed by atoms with Crippen molar-refractivity contribution in [2.24, 2.45) is 0 Å². The van der Waals surface area contributed by atoms with Gasteiger partial charge in [0.15, 0.2) is 0 Å². The van der Waals surface area contributed by atoms with Gasteiger partial charge in [0.25, 0.3) is 0 Å². The molecule has 1 aromatic rings. The molecule has 1 heterocycles. The molecule has 4 nitrogen and oxygen atoms in total. The molecule has 0 bridgehead atoms. The van der Waals surface area contributed by atoms with Gasteiger partial charge in [-0.15, -0.1) is 0 Å². The van der Waals surface area contributed by atoms with Gasteiger partial charge in [-0.05, 0) is 55.9 Å². The fourth-order valence-corrected chi connectivity index (χ4v) is 3.70. The molecule has 0 unspecified atom stereocenters. The molecule has 1 aliphatic heterocycles. The molecule has 2 atom stereocenters.